The Labute approximate surface area is 143 Å². The molecule has 0 saturated heterocycles. The molecule has 1 aromatic carbocycles. The van der Waals surface area contributed by atoms with Crippen LogP contribution in [0.5, 0.6) is 0 Å². The molecule has 2 aromatic heterocycles. The summed E-state index contributed by atoms with van der Waals surface area (Å²) >= 11 is 15.4. The molecule has 9 heteroatoms. The third-order valence-corrected chi connectivity index (χ3v) is 5.71. The summed E-state index contributed by atoms with van der Waals surface area (Å²) in [4.78, 5) is 12.3. The van der Waals surface area contributed by atoms with Gasteiger partial charge >= 0.3 is 0 Å². The van der Waals surface area contributed by atoms with Gasteiger partial charge in [0.1, 0.15) is 11.0 Å². The van der Waals surface area contributed by atoms with Crippen LogP contribution in [0, 0.1) is 0 Å². The summed E-state index contributed by atoms with van der Waals surface area (Å²) in [7, 11) is 0. The molecule has 0 aliphatic heterocycles. The Kier molecular flexibility index (Phi) is 4.09. The van der Waals surface area contributed by atoms with Crippen molar-refractivity contribution < 1.29 is 4.79 Å². The highest BCUT2D eigenvalue weighted by atomic mass is 79.9. The maximum absolute atomic E-state index is 12.3. The van der Waals surface area contributed by atoms with Gasteiger partial charge in [0.2, 0.25) is 0 Å². The highest BCUT2D eigenvalue weighted by molar-refractivity contribution is 9.12. The molecule has 3 rings (SSSR count). The van der Waals surface area contributed by atoms with Crippen LogP contribution in [0.2, 0.25) is 5.02 Å². The predicted molar refractivity (Wildman–Crippen MR) is 90.1 cm³/mol. The first kappa shape index (κ1) is 14.4. The molecule has 0 unspecified atom stereocenters. The number of thiophene rings is 1. The molecule has 1 amide bonds. The number of nitrogens with one attached hydrogen (secondary N) is 1. The predicted octanol–water partition coefficient (Wildman–Crippen LogP) is 5.18. The normalized spacial score (nSPS) is 10.9. The number of aromatic nitrogens is 2. The number of hydrogen-bond donors (Lipinski definition) is 1. The minimum atomic E-state index is -0.249. The Hall–Kier alpha value is -0.540. The second-order valence-corrected chi connectivity index (χ2v) is 8.43. The van der Waals surface area contributed by atoms with Gasteiger partial charge in [0.05, 0.1) is 35.6 Å². The Morgan fingerprint density at radius 2 is 2.10 bits per heavy atom. The SMILES string of the molecule is O=C(Nc1c(Cl)ccc2nsnc12)c1cc(Br)sc1Br. The van der Waals surface area contributed by atoms with Gasteiger partial charge in [-0.25, -0.2) is 0 Å². The van der Waals surface area contributed by atoms with Crippen molar-refractivity contribution in [3.05, 3.63) is 36.4 Å². The number of rotatable bonds is 2. The lowest BCUT2D eigenvalue weighted by atomic mass is 10.2. The summed E-state index contributed by atoms with van der Waals surface area (Å²) in [5.74, 6) is -0.249. The van der Waals surface area contributed by atoms with Crippen molar-refractivity contribution in [1.82, 2.24) is 8.75 Å². The van der Waals surface area contributed by atoms with E-state index >= 15 is 0 Å². The summed E-state index contributed by atoms with van der Waals surface area (Å²) < 4.78 is 9.92. The second kappa shape index (κ2) is 5.69. The van der Waals surface area contributed by atoms with Gasteiger partial charge in [0.15, 0.2) is 0 Å². The fourth-order valence-corrected chi connectivity index (χ4v) is 5.16. The van der Waals surface area contributed by atoms with Crippen LogP contribution in [0.4, 0.5) is 5.69 Å². The lowest BCUT2D eigenvalue weighted by Crippen LogP contribution is -2.12. The summed E-state index contributed by atoms with van der Waals surface area (Å²) in [6, 6.07) is 5.21. The number of carbonyl (C=O) groups is 1. The number of halogens is 3. The fourth-order valence-electron chi connectivity index (χ4n) is 1.62. The molecule has 1 N–H and O–H groups in total. The van der Waals surface area contributed by atoms with Crippen LogP contribution in [0.3, 0.4) is 0 Å². The third-order valence-electron chi connectivity index (χ3n) is 2.52. The molecule has 102 valence electrons. The van der Waals surface area contributed by atoms with Gasteiger partial charge < -0.3 is 5.32 Å². The van der Waals surface area contributed by atoms with Gasteiger partial charge in [0, 0.05) is 0 Å². The molecule has 3 aromatic rings. The average molecular weight is 454 g/mol. The molecule has 0 radical (unpaired) electrons. The minimum Gasteiger partial charge on any atom is -0.319 e. The van der Waals surface area contributed by atoms with E-state index in [9.17, 15) is 4.79 Å². The fraction of sp³-hybridized carbons (Fsp3) is 0. The first-order chi connectivity index (χ1) is 9.56. The van der Waals surface area contributed by atoms with E-state index in [1.54, 1.807) is 18.2 Å². The van der Waals surface area contributed by atoms with Crippen molar-refractivity contribution in [3.8, 4) is 0 Å². The maximum Gasteiger partial charge on any atom is 0.257 e. The van der Waals surface area contributed by atoms with Gasteiger partial charge in [0.25, 0.3) is 5.91 Å². The first-order valence-corrected chi connectivity index (χ1v) is 8.74. The molecule has 0 saturated carbocycles. The van der Waals surface area contributed by atoms with Crippen molar-refractivity contribution in [1.29, 1.82) is 0 Å². The van der Waals surface area contributed by atoms with E-state index in [0.717, 1.165) is 19.3 Å². The number of hydrogen-bond acceptors (Lipinski definition) is 5. The zero-order valence-electron chi connectivity index (χ0n) is 9.49. The lowest BCUT2D eigenvalue weighted by molar-refractivity contribution is 0.102. The van der Waals surface area contributed by atoms with Gasteiger partial charge in [-0.3, -0.25) is 4.79 Å². The Balaban J connectivity index is 2.01. The molecule has 0 aliphatic rings. The topological polar surface area (TPSA) is 54.9 Å². The summed E-state index contributed by atoms with van der Waals surface area (Å²) in [5, 5.41) is 3.23. The molecule has 20 heavy (non-hydrogen) atoms. The number of benzene rings is 1. The maximum atomic E-state index is 12.3. The van der Waals surface area contributed by atoms with Crippen molar-refractivity contribution in [2.45, 2.75) is 0 Å². The molecular weight excluding hydrogens is 450 g/mol. The van der Waals surface area contributed by atoms with Crippen molar-refractivity contribution in [3.63, 3.8) is 0 Å². The van der Waals surface area contributed by atoms with E-state index in [0.29, 0.717) is 27.3 Å². The third kappa shape index (κ3) is 2.62. The van der Waals surface area contributed by atoms with Gasteiger partial charge in [-0.05, 0) is 50.1 Å². The Morgan fingerprint density at radius 1 is 1.30 bits per heavy atom. The largest absolute Gasteiger partial charge is 0.319 e. The molecule has 0 bridgehead atoms. The second-order valence-electron chi connectivity index (χ2n) is 3.75. The number of fused-ring (bicyclic) bond motifs is 1. The van der Waals surface area contributed by atoms with Crippen LogP contribution in [-0.2, 0) is 0 Å². The quantitative estimate of drug-likeness (QED) is 0.581. The smallest absolute Gasteiger partial charge is 0.257 e. The molecule has 2 heterocycles. The van der Waals surface area contributed by atoms with E-state index < -0.39 is 0 Å². The standard InChI is InChI=1S/C11H4Br2ClN3OS2/c12-7-3-4(10(13)19-7)11(18)15-8-5(14)1-2-6-9(8)17-20-16-6/h1-3H,(H,15,18). The summed E-state index contributed by atoms with van der Waals surface area (Å²) in [6.45, 7) is 0. The Morgan fingerprint density at radius 3 is 2.80 bits per heavy atom. The van der Waals surface area contributed by atoms with E-state index in [-0.39, 0.29) is 5.91 Å². The summed E-state index contributed by atoms with van der Waals surface area (Å²) in [6.07, 6.45) is 0. The van der Waals surface area contributed by atoms with Crippen LogP contribution < -0.4 is 5.32 Å². The van der Waals surface area contributed by atoms with Crippen molar-refractivity contribution in [2.24, 2.45) is 0 Å². The zero-order valence-corrected chi connectivity index (χ0v) is 15.0. The van der Waals surface area contributed by atoms with Gasteiger partial charge in [-0.15, -0.1) is 11.3 Å². The molecule has 0 atom stereocenters. The van der Waals surface area contributed by atoms with E-state index in [2.05, 4.69) is 45.9 Å². The average Bonchev–Trinajstić information content (AvgIpc) is 2.99. The number of anilines is 1. The first-order valence-electron chi connectivity index (χ1n) is 5.23. The molecule has 4 nitrogen and oxygen atoms in total. The molecule has 0 spiro atoms. The zero-order chi connectivity index (χ0) is 14.3. The van der Waals surface area contributed by atoms with Gasteiger partial charge in [-0.2, -0.15) is 8.75 Å². The van der Waals surface area contributed by atoms with Crippen LogP contribution in [0.1, 0.15) is 10.4 Å². The molecular formula is C11H4Br2ClN3OS2. The Bertz CT molecular complexity index is 817. The number of carbonyl (C=O) groups excluding carboxylic acids is 1. The van der Waals surface area contributed by atoms with Crippen LogP contribution in [0.25, 0.3) is 11.0 Å². The van der Waals surface area contributed by atoms with Crippen molar-refractivity contribution >= 4 is 89.2 Å². The van der Waals surface area contributed by atoms with E-state index in [4.69, 9.17) is 11.6 Å². The van der Waals surface area contributed by atoms with Crippen LogP contribution in [-0.4, -0.2) is 14.7 Å². The number of amides is 1. The number of nitrogens with zero attached hydrogens (tertiary/aromatic N) is 2. The van der Waals surface area contributed by atoms with E-state index in [1.165, 1.54) is 11.3 Å². The molecule has 0 fully saturated rings. The highest BCUT2D eigenvalue weighted by Crippen LogP contribution is 2.34. The molecule has 0 aliphatic carbocycles. The van der Waals surface area contributed by atoms with Crippen molar-refractivity contribution in [2.75, 3.05) is 5.32 Å². The lowest BCUT2D eigenvalue weighted by Gasteiger charge is -2.06. The minimum absolute atomic E-state index is 0.249. The van der Waals surface area contributed by atoms with E-state index in [1.807, 2.05) is 0 Å². The van der Waals surface area contributed by atoms with Crippen LogP contribution >= 0.6 is 66.5 Å². The summed E-state index contributed by atoms with van der Waals surface area (Å²) in [5.41, 5.74) is 2.33. The van der Waals surface area contributed by atoms with Crippen LogP contribution in [0.15, 0.2) is 25.8 Å². The monoisotopic (exact) mass is 451 g/mol. The van der Waals surface area contributed by atoms with Gasteiger partial charge in [-0.1, -0.05) is 11.6 Å². The highest BCUT2D eigenvalue weighted by Gasteiger charge is 2.17.